The van der Waals surface area contributed by atoms with Gasteiger partial charge in [0.15, 0.2) is 6.23 Å². The van der Waals surface area contributed by atoms with E-state index in [1.54, 1.807) is 31.3 Å². The highest BCUT2D eigenvalue weighted by Crippen LogP contribution is 2.33. The summed E-state index contributed by atoms with van der Waals surface area (Å²) >= 11 is 12.6. The van der Waals surface area contributed by atoms with Crippen LogP contribution >= 0.6 is 23.2 Å². The van der Waals surface area contributed by atoms with Gasteiger partial charge in [0.25, 0.3) is 0 Å². The number of pyridine rings is 1. The number of rotatable bonds is 6. The Morgan fingerprint density at radius 1 is 1.28 bits per heavy atom. The summed E-state index contributed by atoms with van der Waals surface area (Å²) in [6, 6.07) is 5.32. The molecule has 0 amide bonds. The summed E-state index contributed by atoms with van der Waals surface area (Å²) in [7, 11) is 0. The topological polar surface area (TPSA) is 125 Å². The van der Waals surface area contributed by atoms with Crippen molar-refractivity contribution < 1.29 is 9.47 Å². The van der Waals surface area contributed by atoms with Crippen LogP contribution in [0, 0.1) is 12.3 Å². The van der Waals surface area contributed by atoms with Crippen LogP contribution in [0.25, 0.3) is 0 Å². The van der Waals surface area contributed by atoms with Gasteiger partial charge in [-0.1, -0.05) is 23.2 Å². The number of halogens is 2. The largest absolute Gasteiger partial charge is 0.471 e. The molecule has 0 aliphatic carbocycles. The molecule has 32 heavy (non-hydrogen) atoms. The van der Waals surface area contributed by atoms with Crippen molar-refractivity contribution in [1.29, 1.82) is 5.41 Å². The van der Waals surface area contributed by atoms with Gasteiger partial charge in [0.05, 0.1) is 33.7 Å². The monoisotopic (exact) mass is 474 g/mol. The van der Waals surface area contributed by atoms with E-state index in [1.165, 1.54) is 6.20 Å². The van der Waals surface area contributed by atoms with E-state index in [-0.39, 0.29) is 11.8 Å². The number of hydrogen-bond acceptors (Lipinski definition) is 7. The normalized spacial score (nSPS) is 15.5. The predicted molar refractivity (Wildman–Crippen MR) is 125 cm³/mol. The standard InChI is InChI=1S/C22H24Cl2N6O2/c1-12-20(24)19(17(23)10-28-12)22(27)32-15-2-3-18(25)16(8-15)21(26)13-9-29-30(11-13)14-4-6-31-7-5-14/h2-3,8-11,14,22,26H,4-7,25,27H2,1H3/t22-/m0/s1. The zero-order valence-corrected chi connectivity index (χ0v) is 19.0. The lowest BCUT2D eigenvalue weighted by molar-refractivity contribution is 0.0662. The van der Waals surface area contributed by atoms with Crippen molar-refractivity contribution in [3.8, 4) is 5.75 Å². The molecule has 0 saturated carbocycles. The van der Waals surface area contributed by atoms with Gasteiger partial charge in [-0.2, -0.15) is 5.10 Å². The molecular formula is C22H24Cl2N6O2. The van der Waals surface area contributed by atoms with Crippen LogP contribution in [0.15, 0.2) is 36.8 Å². The highest BCUT2D eigenvalue weighted by Gasteiger charge is 2.21. The Labute approximate surface area is 195 Å². The minimum atomic E-state index is -0.918. The third kappa shape index (κ3) is 4.59. The maximum absolute atomic E-state index is 8.68. The van der Waals surface area contributed by atoms with Gasteiger partial charge in [0.2, 0.25) is 0 Å². The highest BCUT2D eigenvalue weighted by molar-refractivity contribution is 6.36. The summed E-state index contributed by atoms with van der Waals surface area (Å²) in [6.07, 6.45) is 5.92. The van der Waals surface area contributed by atoms with Crippen LogP contribution in [-0.4, -0.2) is 33.7 Å². The maximum atomic E-state index is 8.68. The van der Waals surface area contributed by atoms with Crippen molar-refractivity contribution in [2.24, 2.45) is 5.73 Å². The minimum absolute atomic E-state index is 0.246. The van der Waals surface area contributed by atoms with Crippen molar-refractivity contribution in [1.82, 2.24) is 14.8 Å². The predicted octanol–water partition coefficient (Wildman–Crippen LogP) is 4.28. The van der Waals surface area contributed by atoms with Crippen molar-refractivity contribution in [3.05, 3.63) is 69.2 Å². The van der Waals surface area contributed by atoms with Crippen LogP contribution in [0.5, 0.6) is 5.75 Å². The second-order valence-electron chi connectivity index (χ2n) is 7.63. The molecule has 0 spiro atoms. The van der Waals surface area contributed by atoms with Crippen LogP contribution < -0.4 is 16.2 Å². The minimum Gasteiger partial charge on any atom is -0.471 e. The third-order valence-electron chi connectivity index (χ3n) is 5.48. The smallest absolute Gasteiger partial charge is 0.177 e. The summed E-state index contributed by atoms with van der Waals surface area (Å²) in [5.74, 6) is 0.435. The molecule has 168 valence electrons. The van der Waals surface area contributed by atoms with Gasteiger partial charge in [-0.15, -0.1) is 0 Å². The molecule has 10 heteroatoms. The number of nitrogens with zero attached hydrogens (tertiary/aromatic N) is 3. The fourth-order valence-corrected chi connectivity index (χ4v) is 4.20. The molecule has 1 aliphatic rings. The average molecular weight is 475 g/mol. The molecule has 8 nitrogen and oxygen atoms in total. The Balaban J connectivity index is 1.56. The summed E-state index contributed by atoms with van der Waals surface area (Å²) in [6.45, 7) is 3.20. The van der Waals surface area contributed by atoms with Crippen LogP contribution in [0.1, 0.15) is 47.5 Å². The Morgan fingerprint density at radius 2 is 2.03 bits per heavy atom. The van der Waals surface area contributed by atoms with Crippen molar-refractivity contribution in [2.45, 2.75) is 32.0 Å². The Morgan fingerprint density at radius 3 is 2.78 bits per heavy atom. The number of nitrogens with two attached hydrogens (primary N) is 2. The number of hydrogen-bond donors (Lipinski definition) is 3. The van der Waals surface area contributed by atoms with Gasteiger partial charge in [-0.05, 0) is 38.0 Å². The Hall–Kier alpha value is -2.65. The molecule has 0 unspecified atom stereocenters. The van der Waals surface area contributed by atoms with E-state index in [9.17, 15) is 0 Å². The second-order valence-corrected chi connectivity index (χ2v) is 8.42. The summed E-state index contributed by atoms with van der Waals surface area (Å²) in [4.78, 5) is 4.11. The Bertz CT molecular complexity index is 1140. The zero-order valence-electron chi connectivity index (χ0n) is 17.5. The van der Waals surface area contributed by atoms with E-state index >= 15 is 0 Å². The molecule has 1 fully saturated rings. The van der Waals surface area contributed by atoms with E-state index < -0.39 is 6.23 Å². The maximum Gasteiger partial charge on any atom is 0.177 e. The van der Waals surface area contributed by atoms with Crippen LogP contribution in [0.3, 0.4) is 0 Å². The lowest BCUT2D eigenvalue weighted by atomic mass is 10.0. The average Bonchev–Trinajstić information content (AvgIpc) is 3.28. The first kappa shape index (κ1) is 22.5. The van der Waals surface area contributed by atoms with Gasteiger partial charge in [0.1, 0.15) is 5.75 Å². The summed E-state index contributed by atoms with van der Waals surface area (Å²) in [5.41, 5.74) is 15.3. The van der Waals surface area contributed by atoms with Crippen LogP contribution in [0.2, 0.25) is 10.0 Å². The van der Waals surface area contributed by atoms with E-state index in [1.807, 2.05) is 10.9 Å². The molecular weight excluding hydrogens is 451 g/mol. The van der Waals surface area contributed by atoms with Crippen molar-refractivity contribution in [2.75, 3.05) is 18.9 Å². The van der Waals surface area contributed by atoms with Crippen molar-refractivity contribution >= 4 is 34.6 Å². The summed E-state index contributed by atoms with van der Waals surface area (Å²) < 4.78 is 13.2. The zero-order chi connectivity index (χ0) is 22.8. The van der Waals surface area contributed by atoms with E-state index in [0.717, 1.165) is 26.1 Å². The fraction of sp³-hybridized carbons (Fsp3) is 0.318. The quantitative estimate of drug-likeness (QED) is 0.278. The lowest BCUT2D eigenvalue weighted by Gasteiger charge is -2.22. The molecule has 1 saturated heterocycles. The van der Waals surface area contributed by atoms with Gasteiger partial charge in [0, 0.05) is 48.0 Å². The first-order valence-corrected chi connectivity index (χ1v) is 10.9. The molecule has 1 aromatic carbocycles. The molecule has 5 N–H and O–H groups in total. The summed E-state index contributed by atoms with van der Waals surface area (Å²) in [5, 5.41) is 13.8. The SMILES string of the molecule is Cc1ncc(Cl)c([C@@H](N)Oc2ccc(N)c(C(=N)c3cnn(C4CCOCC4)c3)c2)c1Cl. The lowest BCUT2D eigenvalue weighted by Crippen LogP contribution is -2.20. The first-order chi connectivity index (χ1) is 15.3. The fourth-order valence-electron chi connectivity index (χ4n) is 3.64. The van der Waals surface area contributed by atoms with Crippen LogP contribution in [0.4, 0.5) is 5.69 Å². The van der Waals surface area contributed by atoms with E-state index in [4.69, 9.17) is 49.6 Å². The molecule has 0 radical (unpaired) electrons. The number of aryl methyl sites for hydroxylation is 1. The highest BCUT2D eigenvalue weighted by atomic mass is 35.5. The molecule has 0 bridgehead atoms. The second kappa shape index (κ2) is 9.46. The molecule has 3 heterocycles. The number of benzene rings is 1. The molecule has 2 aromatic heterocycles. The molecule has 1 aliphatic heterocycles. The van der Waals surface area contributed by atoms with E-state index in [2.05, 4.69) is 10.1 Å². The van der Waals surface area contributed by atoms with Crippen LogP contribution in [-0.2, 0) is 4.74 Å². The van der Waals surface area contributed by atoms with Gasteiger partial charge in [-0.3, -0.25) is 20.8 Å². The third-order valence-corrected chi connectivity index (χ3v) is 6.26. The number of aromatic nitrogens is 3. The first-order valence-electron chi connectivity index (χ1n) is 10.2. The molecule has 1 atom stereocenters. The number of ether oxygens (including phenoxy) is 2. The van der Waals surface area contributed by atoms with Gasteiger partial charge < -0.3 is 15.2 Å². The number of nitrogens with one attached hydrogen (secondary N) is 1. The molecule has 3 aromatic rings. The van der Waals surface area contributed by atoms with Gasteiger partial charge in [-0.25, -0.2) is 0 Å². The van der Waals surface area contributed by atoms with E-state index in [0.29, 0.717) is 43.9 Å². The van der Waals surface area contributed by atoms with Gasteiger partial charge >= 0.3 is 0 Å². The number of nitrogen functional groups attached to an aromatic ring is 1. The number of anilines is 1. The van der Waals surface area contributed by atoms with Crippen molar-refractivity contribution in [3.63, 3.8) is 0 Å². The molecule has 4 rings (SSSR count). The Kier molecular flexibility index (Phi) is 6.66.